The van der Waals surface area contributed by atoms with Crippen molar-refractivity contribution in [1.29, 1.82) is 0 Å². The summed E-state index contributed by atoms with van der Waals surface area (Å²) in [7, 11) is 0. The molecule has 1 unspecified atom stereocenters. The zero-order valence-electron chi connectivity index (χ0n) is 11.7. The lowest BCUT2D eigenvalue weighted by molar-refractivity contribution is 0.0573. The molecule has 0 aromatic heterocycles. The Labute approximate surface area is 119 Å². The third kappa shape index (κ3) is 2.61. The van der Waals surface area contributed by atoms with Gasteiger partial charge in [0, 0.05) is 6.42 Å². The predicted octanol–water partition coefficient (Wildman–Crippen LogP) is 3.76. The molecule has 0 heterocycles. The van der Waals surface area contributed by atoms with Crippen LogP contribution in [0.25, 0.3) is 0 Å². The van der Waals surface area contributed by atoms with Crippen LogP contribution >= 0.6 is 0 Å². The Kier molecular flexibility index (Phi) is 3.35. The van der Waals surface area contributed by atoms with E-state index in [0.29, 0.717) is 12.0 Å². The highest BCUT2D eigenvalue weighted by atomic mass is 19.1. The van der Waals surface area contributed by atoms with Crippen LogP contribution in [0.15, 0.2) is 42.5 Å². The van der Waals surface area contributed by atoms with Crippen molar-refractivity contribution in [2.24, 2.45) is 0 Å². The summed E-state index contributed by atoms with van der Waals surface area (Å²) in [5.74, 6) is -0.309. The minimum absolute atomic E-state index is 0.309. The van der Waals surface area contributed by atoms with Crippen LogP contribution < -0.4 is 0 Å². The first kappa shape index (κ1) is 13.3. The van der Waals surface area contributed by atoms with Gasteiger partial charge in [-0.1, -0.05) is 30.3 Å². The average molecular weight is 270 g/mol. The van der Waals surface area contributed by atoms with Gasteiger partial charge in [-0.05, 0) is 60.6 Å². The molecule has 0 bridgehead atoms. The molecule has 0 amide bonds. The Morgan fingerprint density at radius 2 is 1.90 bits per heavy atom. The van der Waals surface area contributed by atoms with Crippen LogP contribution in [0.3, 0.4) is 0 Å². The van der Waals surface area contributed by atoms with E-state index in [1.54, 1.807) is 19.1 Å². The van der Waals surface area contributed by atoms with E-state index in [4.69, 9.17) is 0 Å². The van der Waals surface area contributed by atoms with E-state index in [0.717, 1.165) is 18.4 Å². The molecule has 1 aliphatic rings. The topological polar surface area (TPSA) is 20.2 Å². The van der Waals surface area contributed by atoms with Crippen LogP contribution in [0, 0.1) is 5.82 Å². The first-order valence-electron chi connectivity index (χ1n) is 7.14. The molecule has 1 N–H and O–H groups in total. The third-order valence-corrected chi connectivity index (χ3v) is 4.16. The minimum Gasteiger partial charge on any atom is -0.385 e. The maximum atomic E-state index is 13.3. The zero-order valence-corrected chi connectivity index (χ0v) is 11.7. The minimum atomic E-state index is -1.05. The van der Waals surface area contributed by atoms with E-state index in [9.17, 15) is 9.50 Å². The number of halogens is 1. The maximum absolute atomic E-state index is 13.3. The summed E-state index contributed by atoms with van der Waals surface area (Å²) in [6.07, 6.45) is 4.02. The van der Waals surface area contributed by atoms with Gasteiger partial charge in [-0.15, -0.1) is 0 Å². The van der Waals surface area contributed by atoms with Crippen LogP contribution in [-0.2, 0) is 24.9 Å². The number of aryl methyl sites for hydroxylation is 2. The summed E-state index contributed by atoms with van der Waals surface area (Å²) < 4.78 is 13.3. The molecular formula is C18H19FO. The second-order valence-corrected chi connectivity index (χ2v) is 5.92. The lowest BCUT2D eigenvalue weighted by Gasteiger charge is -2.24. The Bertz CT molecular complexity index is 631. The normalized spacial score (nSPS) is 16.8. The summed E-state index contributed by atoms with van der Waals surface area (Å²) in [4.78, 5) is 0. The molecule has 2 aromatic carbocycles. The van der Waals surface area contributed by atoms with Gasteiger partial charge in [0.05, 0.1) is 5.60 Å². The highest BCUT2D eigenvalue weighted by Gasteiger charge is 2.24. The Hall–Kier alpha value is -1.67. The van der Waals surface area contributed by atoms with E-state index in [-0.39, 0.29) is 5.82 Å². The molecule has 0 saturated heterocycles. The van der Waals surface area contributed by atoms with Crippen molar-refractivity contribution >= 4 is 0 Å². The number of hydrogen-bond acceptors (Lipinski definition) is 1. The lowest BCUT2D eigenvalue weighted by Crippen LogP contribution is -2.24. The fourth-order valence-corrected chi connectivity index (χ4v) is 3.06. The monoisotopic (exact) mass is 270 g/mol. The molecule has 0 fully saturated rings. The first-order valence-corrected chi connectivity index (χ1v) is 7.14. The fraction of sp³-hybridized carbons (Fsp3) is 0.333. The number of benzene rings is 2. The largest absolute Gasteiger partial charge is 0.385 e. The van der Waals surface area contributed by atoms with E-state index >= 15 is 0 Å². The molecule has 0 radical (unpaired) electrons. The second kappa shape index (κ2) is 5.02. The molecule has 1 atom stereocenters. The second-order valence-electron chi connectivity index (χ2n) is 5.92. The van der Waals surface area contributed by atoms with Crippen molar-refractivity contribution in [3.8, 4) is 0 Å². The van der Waals surface area contributed by atoms with Gasteiger partial charge in [0.15, 0.2) is 0 Å². The predicted molar refractivity (Wildman–Crippen MR) is 78.1 cm³/mol. The molecule has 2 heteroatoms. The van der Waals surface area contributed by atoms with E-state index in [1.165, 1.54) is 29.7 Å². The quantitative estimate of drug-likeness (QED) is 0.900. The molecule has 2 aromatic rings. The number of fused-ring (bicyclic) bond motifs is 1. The first-order chi connectivity index (χ1) is 9.54. The van der Waals surface area contributed by atoms with Crippen LogP contribution in [0.1, 0.15) is 35.6 Å². The molecule has 1 nitrogen and oxygen atoms in total. The van der Waals surface area contributed by atoms with Gasteiger partial charge in [-0.2, -0.15) is 0 Å². The van der Waals surface area contributed by atoms with Crippen molar-refractivity contribution in [2.75, 3.05) is 0 Å². The molecule has 0 saturated carbocycles. The zero-order chi connectivity index (χ0) is 14.2. The summed E-state index contributed by atoms with van der Waals surface area (Å²) >= 11 is 0. The highest BCUT2D eigenvalue weighted by Crippen LogP contribution is 2.29. The molecule has 0 spiro atoms. The van der Waals surface area contributed by atoms with Crippen LogP contribution in [0.5, 0.6) is 0 Å². The SMILES string of the molecule is CC(O)(Cc1ccc2c(c1)CCC2)c1cccc(F)c1. The molecule has 0 aliphatic heterocycles. The number of hydrogen-bond donors (Lipinski definition) is 1. The molecule has 104 valence electrons. The van der Waals surface area contributed by atoms with E-state index in [2.05, 4.69) is 18.2 Å². The number of aliphatic hydroxyl groups is 1. The van der Waals surface area contributed by atoms with Crippen LogP contribution in [0.4, 0.5) is 4.39 Å². The molecular weight excluding hydrogens is 251 g/mol. The van der Waals surface area contributed by atoms with Gasteiger partial charge in [0.1, 0.15) is 5.82 Å². The van der Waals surface area contributed by atoms with Crippen LogP contribution in [-0.4, -0.2) is 5.11 Å². The standard InChI is InChI=1S/C18H19FO/c1-18(20,16-6-3-7-17(19)11-16)12-13-8-9-14-4-2-5-15(14)10-13/h3,6-11,20H,2,4-5,12H2,1H3. The number of rotatable bonds is 3. The smallest absolute Gasteiger partial charge is 0.123 e. The molecule has 20 heavy (non-hydrogen) atoms. The maximum Gasteiger partial charge on any atom is 0.123 e. The molecule has 1 aliphatic carbocycles. The Morgan fingerprint density at radius 3 is 2.70 bits per heavy atom. The highest BCUT2D eigenvalue weighted by molar-refractivity contribution is 5.36. The van der Waals surface area contributed by atoms with Crippen molar-refractivity contribution in [3.05, 3.63) is 70.5 Å². The van der Waals surface area contributed by atoms with E-state index in [1.807, 2.05) is 0 Å². The van der Waals surface area contributed by atoms with Crippen molar-refractivity contribution < 1.29 is 9.50 Å². The van der Waals surface area contributed by atoms with Crippen molar-refractivity contribution in [2.45, 2.75) is 38.2 Å². The fourth-order valence-electron chi connectivity index (χ4n) is 3.06. The van der Waals surface area contributed by atoms with Gasteiger partial charge in [-0.3, -0.25) is 0 Å². The molecule has 3 rings (SSSR count). The summed E-state index contributed by atoms with van der Waals surface area (Å²) in [6.45, 7) is 1.75. The summed E-state index contributed by atoms with van der Waals surface area (Å²) in [5, 5.41) is 10.6. The Balaban J connectivity index is 1.86. The lowest BCUT2D eigenvalue weighted by atomic mass is 9.88. The van der Waals surface area contributed by atoms with Gasteiger partial charge < -0.3 is 5.11 Å². The van der Waals surface area contributed by atoms with Gasteiger partial charge in [-0.25, -0.2) is 4.39 Å². The Morgan fingerprint density at radius 1 is 1.10 bits per heavy atom. The van der Waals surface area contributed by atoms with Gasteiger partial charge >= 0.3 is 0 Å². The average Bonchev–Trinajstić information content (AvgIpc) is 2.85. The van der Waals surface area contributed by atoms with E-state index < -0.39 is 5.60 Å². The van der Waals surface area contributed by atoms with Crippen molar-refractivity contribution in [3.63, 3.8) is 0 Å². The van der Waals surface area contributed by atoms with Crippen molar-refractivity contribution in [1.82, 2.24) is 0 Å². The van der Waals surface area contributed by atoms with Gasteiger partial charge in [0.2, 0.25) is 0 Å². The van der Waals surface area contributed by atoms with Gasteiger partial charge in [0.25, 0.3) is 0 Å². The van der Waals surface area contributed by atoms with Crippen LogP contribution in [0.2, 0.25) is 0 Å². The summed E-state index contributed by atoms with van der Waals surface area (Å²) in [6, 6.07) is 12.7. The third-order valence-electron chi connectivity index (χ3n) is 4.16. The summed E-state index contributed by atoms with van der Waals surface area (Å²) in [5.41, 5.74) is 3.52.